The number of aromatic nitrogens is 3. The van der Waals surface area contributed by atoms with Gasteiger partial charge in [0.15, 0.2) is 0 Å². The van der Waals surface area contributed by atoms with Crippen LogP contribution in [0.4, 0.5) is 5.69 Å². The molecule has 0 atom stereocenters. The van der Waals surface area contributed by atoms with Gasteiger partial charge in [0.2, 0.25) is 11.7 Å². The van der Waals surface area contributed by atoms with E-state index in [0.29, 0.717) is 18.3 Å². The van der Waals surface area contributed by atoms with Crippen molar-refractivity contribution in [3.05, 3.63) is 60.7 Å². The molecule has 0 radical (unpaired) electrons. The smallest absolute Gasteiger partial charge is 0.246 e. The van der Waals surface area contributed by atoms with Crippen molar-refractivity contribution >= 4 is 5.69 Å². The molecule has 0 unspecified atom stereocenters. The first kappa shape index (κ1) is 12.3. The maximum absolute atomic E-state index is 5.28. The quantitative estimate of drug-likeness (QED) is 0.726. The van der Waals surface area contributed by atoms with Crippen LogP contribution in [0.2, 0.25) is 0 Å². The molecule has 0 aliphatic rings. The highest BCUT2D eigenvalue weighted by molar-refractivity contribution is 5.52. The van der Waals surface area contributed by atoms with Gasteiger partial charge in [0, 0.05) is 30.7 Å². The fourth-order valence-corrected chi connectivity index (χ4v) is 1.91. The maximum atomic E-state index is 5.28. The first-order valence-corrected chi connectivity index (χ1v) is 6.32. The number of pyridine rings is 1. The lowest BCUT2D eigenvalue weighted by Crippen LogP contribution is -2.16. The van der Waals surface area contributed by atoms with Crippen molar-refractivity contribution in [3.8, 4) is 11.4 Å². The highest BCUT2D eigenvalue weighted by Gasteiger charge is 2.10. The number of hydrogen-bond acceptors (Lipinski definition) is 5. The molecular formula is C15H14N4O. The molecule has 2 heterocycles. The third-order valence-corrected chi connectivity index (χ3v) is 2.96. The minimum atomic E-state index is 0.564. The molecule has 5 nitrogen and oxygen atoms in total. The Labute approximate surface area is 116 Å². The zero-order chi connectivity index (χ0) is 13.8. The molecule has 0 aliphatic carbocycles. The maximum Gasteiger partial charge on any atom is 0.246 e. The van der Waals surface area contributed by atoms with Crippen LogP contribution in [-0.4, -0.2) is 22.2 Å². The molecule has 3 aromatic rings. The van der Waals surface area contributed by atoms with Crippen LogP contribution in [0, 0.1) is 0 Å². The average molecular weight is 266 g/mol. The van der Waals surface area contributed by atoms with Gasteiger partial charge in [-0.05, 0) is 24.3 Å². The van der Waals surface area contributed by atoms with Gasteiger partial charge < -0.3 is 9.42 Å². The Balaban J connectivity index is 1.75. The summed E-state index contributed by atoms with van der Waals surface area (Å²) in [6.45, 7) is 0.567. The van der Waals surface area contributed by atoms with E-state index in [-0.39, 0.29) is 0 Å². The van der Waals surface area contributed by atoms with Gasteiger partial charge in [-0.1, -0.05) is 23.4 Å². The second-order valence-electron chi connectivity index (χ2n) is 4.45. The SMILES string of the molecule is CN(Cc1nc(-c2cccnc2)no1)c1ccccc1. The molecule has 0 spiro atoms. The van der Waals surface area contributed by atoms with Gasteiger partial charge in [-0.3, -0.25) is 4.98 Å². The Bertz CT molecular complexity index is 667. The molecule has 0 saturated heterocycles. The molecular weight excluding hydrogens is 252 g/mol. The van der Waals surface area contributed by atoms with Crippen molar-refractivity contribution in [2.75, 3.05) is 11.9 Å². The summed E-state index contributed by atoms with van der Waals surface area (Å²) >= 11 is 0. The van der Waals surface area contributed by atoms with Crippen LogP contribution in [-0.2, 0) is 6.54 Å². The third kappa shape index (κ3) is 2.66. The molecule has 0 N–H and O–H groups in total. The summed E-state index contributed by atoms with van der Waals surface area (Å²) in [5.41, 5.74) is 1.96. The van der Waals surface area contributed by atoms with E-state index in [0.717, 1.165) is 11.3 Å². The van der Waals surface area contributed by atoms with Crippen LogP contribution in [0.1, 0.15) is 5.89 Å². The number of nitrogens with zero attached hydrogens (tertiary/aromatic N) is 4. The molecule has 0 aliphatic heterocycles. The van der Waals surface area contributed by atoms with Crippen molar-refractivity contribution in [2.45, 2.75) is 6.54 Å². The van der Waals surface area contributed by atoms with Crippen molar-refractivity contribution in [1.82, 2.24) is 15.1 Å². The zero-order valence-corrected chi connectivity index (χ0v) is 11.1. The first-order valence-electron chi connectivity index (χ1n) is 6.32. The largest absolute Gasteiger partial charge is 0.365 e. The molecule has 0 amide bonds. The lowest BCUT2D eigenvalue weighted by Gasteiger charge is -2.16. The van der Waals surface area contributed by atoms with Crippen LogP contribution in [0.5, 0.6) is 0 Å². The number of benzene rings is 1. The van der Waals surface area contributed by atoms with E-state index in [1.807, 2.05) is 49.5 Å². The van der Waals surface area contributed by atoms with E-state index in [2.05, 4.69) is 20.0 Å². The Kier molecular flexibility index (Phi) is 3.41. The summed E-state index contributed by atoms with van der Waals surface area (Å²) in [5.74, 6) is 1.14. The molecule has 20 heavy (non-hydrogen) atoms. The Morgan fingerprint density at radius 2 is 1.95 bits per heavy atom. The number of hydrogen-bond donors (Lipinski definition) is 0. The van der Waals surface area contributed by atoms with E-state index in [1.54, 1.807) is 12.4 Å². The van der Waals surface area contributed by atoms with E-state index in [9.17, 15) is 0 Å². The topological polar surface area (TPSA) is 55.1 Å². The van der Waals surface area contributed by atoms with Gasteiger partial charge in [-0.25, -0.2) is 0 Å². The van der Waals surface area contributed by atoms with Crippen LogP contribution in [0.15, 0.2) is 59.4 Å². The predicted molar refractivity (Wildman–Crippen MR) is 76.1 cm³/mol. The minimum absolute atomic E-state index is 0.564. The summed E-state index contributed by atoms with van der Waals surface area (Å²) < 4.78 is 5.28. The van der Waals surface area contributed by atoms with Crippen molar-refractivity contribution in [3.63, 3.8) is 0 Å². The standard InChI is InChI=1S/C15H14N4O/c1-19(13-7-3-2-4-8-13)11-14-17-15(18-20-14)12-6-5-9-16-10-12/h2-10H,11H2,1H3. The number of rotatable bonds is 4. The lowest BCUT2D eigenvalue weighted by atomic mass is 10.3. The number of para-hydroxylation sites is 1. The highest BCUT2D eigenvalue weighted by Crippen LogP contribution is 2.17. The van der Waals surface area contributed by atoms with Gasteiger partial charge in [-0.15, -0.1) is 0 Å². The Morgan fingerprint density at radius 3 is 2.70 bits per heavy atom. The zero-order valence-electron chi connectivity index (χ0n) is 11.1. The van der Waals surface area contributed by atoms with Crippen molar-refractivity contribution in [2.24, 2.45) is 0 Å². The summed E-state index contributed by atoms with van der Waals surface area (Å²) in [5, 5.41) is 3.98. The van der Waals surface area contributed by atoms with Crippen LogP contribution in [0.25, 0.3) is 11.4 Å². The second-order valence-corrected chi connectivity index (χ2v) is 4.45. The Morgan fingerprint density at radius 1 is 1.10 bits per heavy atom. The van der Waals surface area contributed by atoms with Crippen molar-refractivity contribution < 1.29 is 4.52 Å². The van der Waals surface area contributed by atoms with E-state index >= 15 is 0 Å². The second kappa shape index (κ2) is 5.52. The van der Waals surface area contributed by atoms with Crippen LogP contribution < -0.4 is 4.90 Å². The van der Waals surface area contributed by atoms with Gasteiger partial charge >= 0.3 is 0 Å². The summed E-state index contributed by atoms with van der Waals surface area (Å²) in [6.07, 6.45) is 3.43. The molecule has 100 valence electrons. The summed E-state index contributed by atoms with van der Waals surface area (Å²) in [4.78, 5) is 10.5. The first-order chi connectivity index (χ1) is 9.83. The molecule has 0 fully saturated rings. The van der Waals surface area contributed by atoms with E-state index in [4.69, 9.17) is 4.52 Å². The Hall–Kier alpha value is -2.69. The normalized spacial score (nSPS) is 10.4. The van der Waals surface area contributed by atoms with Gasteiger partial charge in [0.05, 0.1) is 6.54 Å². The molecule has 1 aromatic carbocycles. The monoisotopic (exact) mass is 266 g/mol. The predicted octanol–water partition coefficient (Wildman–Crippen LogP) is 2.77. The third-order valence-electron chi connectivity index (χ3n) is 2.96. The molecule has 0 bridgehead atoms. The van der Waals surface area contributed by atoms with Crippen LogP contribution in [0.3, 0.4) is 0 Å². The fourth-order valence-electron chi connectivity index (χ4n) is 1.91. The molecule has 5 heteroatoms. The highest BCUT2D eigenvalue weighted by atomic mass is 16.5. The van der Waals surface area contributed by atoms with E-state index < -0.39 is 0 Å². The average Bonchev–Trinajstić information content (AvgIpc) is 2.97. The molecule has 2 aromatic heterocycles. The molecule has 3 rings (SSSR count). The summed E-state index contributed by atoms with van der Waals surface area (Å²) in [6, 6.07) is 13.8. The minimum Gasteiger partial charge on any atom is -0.365 e. The molecule has 0 saturated carbocycles. The lowest BCUT2D eigenvalue weighted by molar-refractivity contribution is 0.378. The van der Waals surface area contributed by atoms with Crippen LogP contribution >= 0.6 is 0 Å². The number of anilines is 1. The van der Waals surface area contributed by atoms with Gasteiger partial charge in [0.25, 0.3) is 0 Å². The van der Waals surface area contributed by atoms with Gasteiger partial charge in [-0.2, -0.15) is 4.98 Å². The summed E-state index contributed by atoms with van der Waals surface area (Å²) in [7, 11) is 1.99. The van der Waals surface area contributed by atoms with Gasteiger partial charge in [0.1, 0.15) is 0 Å². The van der Waals surface area contributed by atoms with Crippen molar-refractivity contribution in [1.29, 1.82) is 0 Å². The van der Waals surface area contributed by atoms with E-state index in [1.165, 1.54) is 0 Å². The fraction of sp³-hybridized carbons (Fsp3) is 0.133.